The number of thiocarbonyl (C=S) groups is 1. The van der Waals surface area contributed by atoms with Crippen LogP contribution >= 0.6 is 12.2 Å². The first-order chi connectivity index (χ1) is 7.65. The largest absolute Gasteiger partial charge is 0.492 e. The second-order valence-electron chi connectivity index (χ2n) is 3.45. The lowest BCUT2D eigenvalue weighted by molar-refractivity contribution is 0.270. The monoisotopic (exact) mass is 236 g/mol. The minimum atomic E-state index is 0.478. The van der Waals surface area contributed by atoms with Gasteiger partial charge in [0.25, 0.3) is 0 Å². The number of para-hydroxylation sites is 1. The van der Waals surface area contributed by atoms with Gasteiger partial charge in [-0.05, 0) is 18.1 Å². The van der Waals surface area contributed by atoms with Gasteiger partial charge in [-0.2, -0.15) is 5.26 Å². The van der Waals surface area contributed by atoms with Crippen LogP contribution in [0.5, 0.6) is 5.75 Å². The van der Waals surface area contributed by atoms with Crippen molar-refractivity contribution in [2.75, 3.05) is 6.61 Å². The average Bonchev–Trinajstić information content (AvgIpc) is 2.27. The van der Waals surface area contributed by atoms with Crippen LogP contribution in [-0.4, -0.2) is 12.1 Å². The Morgan fingerprint density at radius 2 is 2.06 bits per heavy atom. The first kappa shape index (κ1) is 14.4. The topological polar surface area (TPSA) is 59.0 Å². The van der Waals surface area contributed by atoms with Gasteiger partial charge in [0.1, 0.15) is 11.8 Å². The van der Waals surface area contributed by atoms with Crippen molar-refractivity contribution in [3.05, 3.63) is 29.8 Å². The molecule has 0 atom stereocenters. The zero-order valence-corrected chi connectivity index (χ0v) is 10.3. The number of hydrogen-bond acceptors (Lipinski definition) is 3. The molecule has 0 aliphatic carbocycles. The highest BCUT2D eigenvalue weighted by Crippen LogP contribution is 2.16. The van der Waals surface area contributed by atoms with Gasteiger partial charge in [-0.15, -0.1) is 0 Å². The molecular formula is C12H16N2OS. The van der Waals surface area contributed by atoms with Crippen LogP contribution < -0.4 is 10.5 Å². The Kier molecular flexibility index (Phi) is 7.82. The molecule has 1 aromatic rings. The lowest BCUT2D eigenvalue weighted by Gasteiger charge is -2.09. The number of nitriles is 1. The van der Waals surface area contributed by atoms with E-state index in [2.05, 4.69) is 37.9 Å². The molecule has 3 nitrogen and oxygen atoms in total. The predicted molar refractivity (Wildman–Crippen MR) is 69.3 cm³/mol. The fourth-order valence-electron chi connectivity index (χ4n) is 0.941. The summed E-state index contributed by atoms with van der Waals surface area (Å²) < 4.78 is 5.47. The van der Waals surface area contributed by atoms with Crippen molar-refractivity contribution in [2.45, 2.75) is 13.8 Å². The fraction of sp³-hybridized carbons (Fsp3) is 0.333. The molecule has 0 amide bonds. The number of ether oxygens (including phenoxy) is 1. The summed E-state index contributed by atoms with van der Waals surface area (Å²) in [5, 5.41) is 8.75. The highest BCUT2D eigenvalue weighted by atomic mass is 32.1. The lowest BCUT2D eigenvalue weighted by atomic mass is 10.2. The van der Waals surface area contributed by atoms with E-state index in [0.717, 1.165) is 5.49 Å². The van der Waals surface area contributed by atoms with Crippen LogP contribution in [0.15, 0.2) is 24.3 Å². The van der Waals surface area contributed by atoms with E-state index in [1.165, 1.54) is 0 Å². The van der Waals surface area contributed by atoms with E-state index < -0.39 is 0 Å². The maximum atomic E-state index is 8.75. The van der Waals surface area contributed by atoms with E-state index >= 15 is 0 Å². The van der Waals surface area contributed by atoms with Gasteiger partial charge in [-0.3, -0.25) is 0 Å². The van der Waals surface area contributed by atoms with Crippen LogP contribution in [-0.2, 0) is 0 Å². The van der Waals surface area contributed by atoms with Crippen LogP contribution in [0.2, 0.25) is 0 Å². The van der Waals surface area contributed by atoms with E-state index in [-0.39, 0.29) is 0 Å². The minimum Gasteiger partial charge on any atom is -0.492 e. The van der Waals surface area contributed by atoms with Crippen molar-refractivity contribution < 1.29 is 4.74 Å². The van der Waals surface area contributed by atoms with E-state index in [1.807, 2.05) is 18.2 Å². The zero-order valence-electron chi connectivity index (χ0n) is 9.51. The highest BCUT2D eigenvalue weighted by molar-refractivity contribution is 7.78. The molecule has 1 rings (SSSR count). The van der Waals surface area contributed by atoms with E-state index in [0.29, 0.717) is 23.8 Å². The number of rotatable bonds is 3. The molecule has 86 valence electrons. The van der Waals surface area contributed by atoms with Crippen molar-refractivity contribution in [3.8, 4) is 11.8 Å². The molecular weight excluding hydrogens is 220 g/mol. The Bertz CT molecular complexity index is 358. The van der Waals surface area contributed by atoms with Crippen molar-refractivity contribution >= 4 is 17.7 Å². The molecule has 0 bridgehead atoms. The highest BCUT2D eigenvalue weighted by Gasteiger charge is 2.01. The maximum Gasteiger partial charge on any atom is 0.137 e. The second kappa shape index (κ2) is 8.69. The zero-order chi connectivity index (χ0) is 12.4. The molecule has 0 aliphatic heterocycles. The molecule has 4 heteroatoms. The molecule has 0 saturated heterocycles. The average molecular weight is 236 g/mol. The molecule has 0 radical (unpaired) electrons. The van der Waals surface area contributed by atoms with Crippen LogP contribution in [0.25, 0.3) is 0 Å². The molecule has 16 heavy (non-hydrogen) atoms. The molecule has 0 spiro atoms. The third-order valence-electron chi connectivity index (χ3n) is 1.58. The molecule has 0 heterocycles. The van der Waals surface area contributed by atoms with E-state index in [9.17, 15) is 0 Å². The van der Waals surface area contributed by atoms with Gasteiger partial charge < -0.3 is 10.5 Å². The van der Waals surface area contributed by atoms with Crippen molar-refractivity contribution in [3.63, 3.8) is 0 Å². The summed E-state index contributed by atoms with van der Waals surface area (Å²) >= 11 is 4.05. The summed E-state index contributed by atoms with van der Waals surface area (Å²) in [4.78, 5) is 0. The Hall–Kier alpha value is -1.60. The van der Waals surface area contributed by atoms with Crippen molar-refractivity contribution in [2.24, 2.45) is 11.7 Å². The van der Waals surface area contributed by atoms with Gasteiger partial charge >= 0.3 is 0 Å². The van der Waals surface area contributed by atoms with Crippen molar-refractivity contribution in [1.82, 2.24) is 0 Å². The number of nitrogens with two attached hydrogens (primary N) is 1. The van der Waals surface area contributed by atoms with Crippen LogP contribution in [0, 0.1) is 17.2 Å². The summed E-state index contributed by atoms with van der Waals surface area (Å²) in [6, 6.07) is 9.38. The van der Waals surface area contributed by atoms with Gasteiger partial charge in [-0.1, -0.05) is 38.2 Å². The minimum absolute atomic E-state index is 0.478. The number of hydrogen-bond donors (Lipinski definition) is 1. The molecule has 0 aliphatic rings. The van der Waals surface area contributed by atoms with Crippen molar-refractivity contribution in [1.29, 1.82) is 5.26 Å². The standard InChI is InChI=1S/C11H13NO.CH3NS/c1-9(2)8-13-11-6-4-3-5-10(11)7-12;2-1-3/h3-6,9H,8H2,1-2H3;1H,(H2,2,3). The second-order valence-corrected chi connectivity index (χ2v) is 3.72. The molecule has 0 aromatic heterocycles. The van der Waals surface area contributed by atoms with Gasteiger partial charge in [0, 0.05) is 0 Å². The SMILES string of the molecule is CC(C)COc1ccccc1C#N.NC=S. The van der Waals surface area contributed by atoms with Gasteiger partial charge in [0.05, 0.1) is 17.7 Å². The van der Waals surface area contributed by atoms with Crippen LogP contribution in [0.4, 0.5) is 0 Å². The van der Waals surface area contributed by atoms with Gasteiger partial charge in [-0.25, -0.2) is 0 Å². The summed E-state index contributed by atoms with van der Waals surface area (Å²) in [5.74, 6) is 1.16. The number of nitrogens with zero attached hydrogens (tertiary/aromatic N) is 1. The molecule has 1 aromatic carbocycles. The first-order valence-electron chi connectivity index (χ1n) is 4.93. The summed E-state index contributed by atoms with van der Waals surface area (Å²) in [6.45, 7) is 4.81. The van der Waals surface area contributed by atoms with Gasteiger partial charge in [0.15, 0.2) is 0 Å². The van der Waals surface area contributed by atoms with Crippen LogP contribution in [0.1, 0.15) is 19.4 Å². The maximum absolute atomic E-state index is 8.75. The molecule has 0 fully saturated rings. The molecule has 2 N–H and O–H groups in total. The Morgan fingerprint density at radius 1 is 1.50 bits per heavy atom. The summed E-state index contributed by atoms with van der Waals surface area (Å²) in [6.07, 6.45) is 0. The van der Waals surface area contributed by atoms with Crippen LogP contribution in [0.3, 0.4) is 0 Å². The fourth-order valence-corrected chi connectivity index (χ4v) is 0.941. The third-order valence-corrected chi connectivity index (χ3v) is 1.58. The lowest BCUT2D eigenvalue weighted by Crippen LogP contribution is -2.05. The van der Waals surface area contributed by atoms with E-state index in [1.54, 1.807) is 6.07 Å². The first-order valence-corrected chi connectivity index (χ1v) is 5.40. The number of benzene rings is 1. The predicted octanol–water partition coefficient (Wildman–Crippen LogP) is 2.50. The summed E-state index contributed by atoms with van der Waals surface area (Å²) in [7, 11) is 0. The molecule has 0 saturated carbocycles. The Balaban J connectivity index is 0.000000673. The Labute approximate surface area is 102 Å². The Morgan fingerprint density at radius 3 is 2.56 bits per heavy atom. The summed E-state index contributed by atoms with van der Waals surface area (Å²) in [5.41, 5.74) is 6.22. The van der Waals surface area contributed by atoms with Gasteiger partial charge in [0.2, 0.25) is 0 Å². The normalized spacial score (nSPS) is 8.62. The van der Waals surface area contributed by atoms with E-state index in [4.69, 9.17) is 10.00 Å². The smallest absolute Gasteiger partial charge is 0.137 e. The third kappa shape index (κ3) is 5.99. The quantitative estimate of drug-likeness (QED) is 0.819. The molecule has 0 unspecified atom stereocenters.